The smallest absolute Gasteiger partial charge is 0.268 e. The number of hydrogen-bond donors (Lipinski definition) is 0. The molecular weight excluding hydrogens is 391 g/mol. The molecule has 2 amide bonds. The number of anilines is 1. The minimum Gasteiger partial charge on any atom is -0.497 e. The first kappa shape index (κ1) is 19.8. The molecule has 1 saturated heterocycles. The van der Waals surface area contributed by atoms with Crippen LogP contribution < -0.4 is 9.64 Å². The Kier molecular flexibility index (Phi) is 5.02. The molecule has 2 heterocycles. The van der Waals surface area contributed by atoms with Gasteiger partial charge >= 0.3 is 0 Å². The molecule has 29 heavy (non-hydrogen) atoms. The molecule has 0 aliphatic carbocycles. The molecule has 7 heteroatoms. The van der Waals surface area contributed by atoms with Crippen molar-refractivity contribution >= 4 is 29.3 Å². The maximum Gasteiger partial charge on any atom is 0.268 e. The summed E-state index contributed by atoms with van der Waals surface area (Å²) in [5.74, 6) is 0.422. The number of methoxy groups -OCH3 is 1. The van der Waals surface area contributed by atoms with Crippen molar-refractivity contribution in [3.63, 3.8) is 0 Å². The van der Waals surface area contributed by atoms with Gasteiger partial charge in [0.05, 0.1) is 19.3 Å². The van der Waals surface area contributed by atoms with E-state index < -0.39 is 4.87 Å². The van der Waals surface area contributed by atoms with Crippen LogP contribution in [0.4, 0.5) is 10.1 Å². The molecule has 0 unspecified atom stereocenters. The zero-order valence-corrected chi connectivity index (χ0v) is 17.5. The minimum absolute atomic E-state index is 0.0649. The molecule has 1 atom stereocenters. The van der Waals surface area contributed by atoms with Gasteiger partial charge in [-0.15, -0.1) is 11.8 Å². The van der Waals surface area contributed by atoms with Gasteiger partial charge in [-0.05, 0) is 24.3 Å². The Morgan fingerprint density at radius 1 is 1.28 bits per heavy atom. The summed E-state index contributed by atoms with van der Waals surface area (Å²) >= 11 is 1.46. The average Bonchev–Trinajstić information content (AvgIpc) is 3.25. The number of thioether (sulfide) groups is 1. The van der Waals surface area contributed by atoms with E-state index in [0.29, 0.717) is 29.3 Å². The fourth-order valence-corrected chi connectivity index (χ4v) is 5.47. The lowest BCUT2D eigenvalue weighted by Gasteiger charge is -2.34. The first-order chi connectivity index (χ1) is 13.9. The Hall–Kier alpha value is -2.54. The van der Waals surface area contributed by atoms with Gasteiger partial charge in [-0.25, -0.2) is 4.39 Å². The van der Waals surface area contributed by atoms with Crippen LogP contribution in [0.3, 0.4) is 0 Å². The zero-order chi connectivity index (χ0) is 20.8. The summed E-state index contributed by atoms with van der Waals surface area (Å²) in [4.78, 5) is 28.9. The third kappa shape index (κ3) is 2.99. The number of nitrogens with zero attached hydrogens (tertiary/aromatic N) is 2. The van der Waals surface area contributed by atoms with E-state index in [1.165, 1.54) is 17.8 Å². The molecule has 2 aromatic carbocycles. The molecule has 1 fully saturated rings. The number of carbonyl (C=O) groups is 2. The molecule has 1 spiro atoms. The van der Waals surface area contributed by atoms with Crippen LogP contribution in [0.25, 0.3) is 0 Å². The van der Waals surface area contributed by atoms with Gasteiger partial charge < -0.3 is 14.5 Å². The first-order valence-corrected chi connectivity index (χ1v) is 10.6. The Bertz CT molecular complexity index is 980. The lowest BCUT2D eigenvalue weighted by molar-refractivity contribution is -0.142. The van der Waals surface area contributed by atoms with Crippen LogP contribution in [0.5, 0.6) is 5.75 Å². The van der Waals surface area contributed by atoms with Crippen molar-refractivity contribution in [3.05, 3.63) is 59.4 Å². The molecule has 0 N–H and O–H groups in total. The van der Waals surface area contributed by atoms with Crippen molar-refractivity contribution in [2.24, 2.45) is 5.92 Å². The van der Waals surface area contributed by atoms with Crippen LogP contribution >= 0.6 is 11.8 Å². The van der Waals surface area contributed by atoms with Crippen LogP contribution in [-0.2, 0) is 21.0 Å². The van der Waals surface area contributed by atoms with Crippen molar-refractivity contribution in [2.45, 2.75) is 25.3 Å². The number of hydrogen-bond acceptors (Lipinski definition) is 4. The molecule has 152 valence electrons. The number of fused-ring (bicyclic) bond motifs is 2. The fourth-order valence-electron chi connectivity index (χ4n) is 4.01. The number of ether oxygens (including phenoxy) is 1. The van der Waals surface area contributed by atoms with Crippen LogP contribution in [0.1, 0.15) is 25.0 Å². The number of benzene rings is 2. The molecule has 0 aromatic heterocycles. The van der Waals surface area contributed by atoms with Gasteiger partial charge in [-0.1, -0.05) is 32.0 Å². The Morgan fingerprint density at radius 2 is 2.03 bits per heavy atom. The minimum atomic E-state index is -1.13. The molecule has 2 aromatic rings. The summed E-state index contributed by atoms with van der Waals surface area (Å²) in [6.45, 7) is 4.28. The van der Waals surface area contributed by atoms with E-state index >= 15 is 0 Å². The van der Waals surface area contributed by atoms with E-state index in [2.05, 4.69) is 0 Å². The Morgan fingerprint density at radius 3 is 2.72 bits per heavy atom. The molecule has 5 nitrogen and oxygen atoms in total. The summed E-state index contributed by atoms with van der Waals surface area (Å²) in [5.41, 5.74) is 1.86. The van der Waals surface area contributed by atoms with E-state index in [-0.39, 0.29) is 30.1 Å². The first-order valence-electron chi connectivity index (χ1n) is 9.59. The van der Waals surface area contributed by atoms with Crippen molar-refractivity contribution in [1.29, 1.82) is 0 Å². The summed E-state index contributed by atoms with van der Waals surface area (Å²) in [6.07, 6.45) is 0. The highest BCUT2D eigenvalue weighted by Gasteiger charge is 2.59. The second-order valence-corrected chi connectivity index (χ2v) is 8.79. The second kappa shape index (κ2) is 7.37. The van der Waals surface area contributed by atoms with Crippen LogP contribution in [0, 0.1) is 11.7 Å². The van der Waals surface area contributed by atoms with Gasteiger partial charge in [-0.2, -0.15) is 0 Å². The zero-order valence-electron chi connectivity index (χ0n) is 16.6. The second-order valence-electron chi connectivity index (χ2n) is 7.50. The Labute approximate surface area is 173 Å². The molecule has 0 radical (unpaired) electrons. The molecule has 2 aliphatic heterocycles. The average molecular weight is 415 g/mol. The number of halogens is 1. The summed E-state index contributed by atoms with van der Waals surface area (Å²) in [6, 6.07) is 11.9. The van der Waals surface area contributed by atoms with E-state index in [9.17, 15) is 14.0 Å². The van der Waals surface area contributed by atoms with Gasteiger partial charge in [0.15, 0.2) is 4.87 Å². The third-order valence-electron chi connectivity index (χ3n) is 5.45. The van der Waals surface area contributed by atoms with E-state index in [1.807, 2.05) is 26.0 Å². The highest BCUT2D eigenvalue weighted by molar-refractivity contribution is 8.01. The summed E-state index contributed by atoms with van der Waals surface area (Å²) in [5, 5.41) is 0. The van der Waals surface area contributed by atoms with Crippen LogP contribution in [0.15, 0.2) is 42.5 Å². The normalized spacial score (nSPS) is 20.7. The predicted molar refractivity (Wildman–Crippen MR) is 111 cm³/mol. The Balaban J connectivity index is 1.85. The molecule has 4 rings (SSSR count). The molecule has 0 bridgehead atoms. The van der Waals surface area contributed by atoms with Gasteiger partial charge in [0.2, 0.25) is 5.91 Å². The van der Waals surface area contributed by atoms with E-state index in [1.54, 1.807) is 41.2 Å². The van der Waals surface area contributed by atoms with Crippen LogP contribution in [0.2, 0.25) is 0 Å². The van der Waals surface area contributed by atoms with E-state index in [0.717, 1.165) is 5.56 Å². The third-order valence-corrected chi connectivity index (χ3v) is 6.87. The molecule has 0 saturated carbocycles. The SMILES string of the molecule is COc1ccc2c(c1)[C@@]1(SCCN1C(=O)C(C)C)C(=O)N2Cc1ccccc1F. The number of amides is 2. The van der Waals surface area contributed by atoms with Gasteiger partial charge in [0.1, 0.15) is 11.6 Å². The van der Waals surface area contributed by atoms with Crippen molar-refractivity contribution in [3.8, 4) is 5.75 Å². The highest BCUT2D eigenvalue weighted by Crippen LogP contribution is 2.55. The lowest BCUT2D eigenvalue weighted by atomic mass is 10.0. The van der Waals surface area contributed by atoms with Gasteiger partial charge in [-0.3, -0.25) is 9.59 Å². The maximum absolute atomic E-state index is 14.3. The van der Waals surface area contributed by atoms with Crippen molar-refractivity contribution in [2.75, 3.05) is 24.3 Å². The topological polar surface area (TPSA) is 49.9 Å². The van der Waals surface area contributed by atoms with Crippen LogP contribution in [-0.4, -0.2) is 36.1 Å². The lowest BCUT2D eigenvalue weighted by Crippen LogP contribution is -2.51. The van der Waals surface area contributed by atoms with Gasteiger partial charge in [0, 0.05) is 29.3 Å². The largest absolute Gasteiger partial charge is 0.497 e. The number of carbonyl (C=O) groups excluding carboxylic acids is 2. The summed E-state index contributed by atoms with van der Waals surface area (Å²) in [7, 11) is 1.57. The maximum atomic E-state index is 14.3. The van der Waals surface area contributed by atoms with Gasteiger partial charge in [0.25, 0.3) is 5.91 Å². The molecule has 2 aliphatic rings. The standard InChI is InChI=1S/C22H23FN2O3S/c1-14(2)20(26)25-10-11-29-22(25)17-12-16(28-3)8-9-19(17)24(21(22)27)13-15-6-4-5-7-18(15)23/h4-9,12,14H,10-11,13H2,1-3H3/t22-/m1/s1. The van der Waals surface area contributed by atoms with E-state index in [4.69, 9.17) is 4.74 Å². The summed E-state index contributed by atoms with van der Waals surface area (Å²) < 4.78 is 19.7. The molecular formula is C22H23FN2O3S. The monoisotopic (exact) mass is 414 g/mol. The van der Waals surface area contributed by atoms with Crippen molar-refractivity contribution < 1.29 is 18.7 Å². The van der Waals surface area contributed by atoms with Crippen molar-refractivity contribution in [1.82, 2.24) is 4.90 Å². The number of rotatable bonds is 4. The predicted octanol–water partition coefficient (Wildman–Crippen LogP) is 3.77. The highest BCUT2D eigenvalue weighted by atomic mass is 32.2. The fraction of sp³-hybridized carbons (Fsp3) is 0.364. The quantitative estimate of drug-likeness (QED) is 0.764.